The fraction of sp³-hybridized carbons (Fsp3) is 0.481. The number of nitrogens with zero attached hydrogens (tertiary/aromatic N) is 2. The molecule has 2 aromatic carbocycles. The predicted molar refractivity (Wildman–Crippen MR) is 151 cm³/mol. The van der Waals surface area contributed by atoms with Gasteiger partial charge in [0, 0.05) is 41.8 Å². The third kappa shape index (κ3) is 7.84. The quantitative estimate of drug-likeness (QED) is 0.439. The first-order valence-electron chi connectivity index (χ1n) is 12.8. The van der Waals surface area contributed by atoms with Crippen LogP contribution < -0.4 is 15.4 Å². The number of halogens is 1. The highest BCUT2D eigenvalue weighted by Gasteiger charge is 2.33. The molecular weight excluding hydrogens is 544 g/mol. The predicted octanol–water partition coefficient (Wildman–Crippen LogP) is 3.34. The number of ether oxygens (including phenoxy) is 1. The van der Waals surface area contributed by atoms with Gasteiger partial charge >= 0.3 is 6.03 Å². The Morgan fingerprint density at radius 2 is 1.87 bits per heavy atom. The minimum Gasteiger partial charge on any atom is -0.488 e. The number of sulfonamides is 1. The molecule has 39 heavy (non-hydrogen) atoms. The molecule has 214 valence electrons. The zero-order chi connectivity index (χ0) is 28.9. The number of amides is 3. The van der Waals surface area contributed by atoms with Crippen LogP contribution in [0.15, 0.2) is 47.4 Å². The maximum Gasteiger partial charge on any atom is 0.319 e. The summed E-state index contributed by atoms with van der Waals surface area (Å²) in [6.45, 7) is 7.38. The van der Waals surface area contributed by atoms with E-state index in [9.17, 15) is 23.1 Å². The van der Waals surface area contributed by atoms with E-state index >= 15 is 0 Å². The molecule has 0 aromatic heterocycles. The molecule has 3 rings (SSSR count). The monoisotopic (exact) mass is 580 g/mol. The first-order valence-corrected chi connectivity index (χ1v) is 14.6. The highest BCUT2D eigenvalue weighted by molar-refractivity contribution is 7.89. The molecule has 3 amide bonds. The SMILES string of the molecule is CC(C)NC(=O)Nc1ccc2c(c1)CC(=O)N([C@H](C)CO)C[C@@H](C)[C@H](CN(C)S(=O)(=O)c1ccc(Cl)cc1)O2. The number of benzene rings is 2. The number of hydrogen-bond acceptors (Lipinski definition) is 6. The average molecular weight is 581 g/mol. The smallest absolute Gasteiger partial charge is 0.319 e. The molecular formula is C27H37ClN4O6S. The number of carbonyl (C=O) groups excluding carboxylic acids is 2. The van der Waals surface area contributed by atoms with Crippen LogP contribution in [0.2, 0.25) is 5.02 Å². The summed E-state index contributed by atoms with van der Waals surface area (Å²) in [7, 11) is -2.36. The Bertz CT molecular complexity index is 1270. The molecule has 10 nitrogen and oxygen atoms in total. The molecule has 0 spiro atoms. The maximum atomic E-state index is 13.4. The van der Waals surface area contributed by atoms with E-state index < -0.39 is 22.2 Å². The van der Waals surface area contributed by atoms with E-state index in [2.05, 4.69) is 10.6 Å². The van der Waals surface area contributed by atoms with Gasteiger partial charge in [-0.25, -0.2) is 13.2 Å². The summed E-state index contributed by atoms with van der Waals surface area (Å²) < 4.78 is 34.2. The zero-order valence-electron chi connectivity index (χ0n) is 22.8. The molecule has 0 saturated carbocycles. The Morgan fingerprint density at radius 3 is 2.49 bits per heavy atom. The van der Waals surface area contributed by atoms with Crippen LogP contribution >= 0.6 is 11.6 Å². The van der Waals surface area contributed by atoms with Crippen LogP contribution in [0.25, 0.3) is 0 Å². The Morgan fingerprint density at radius 1 is 1.21 bits per heavy atom. The number of urea groups is 1. The van der Waals surface area contributed by atoms with Gasteiger partial charge in [-0.3, -0.25) is 4.79 Å². The van der Waals surface area contributed by atoms with Crippen molar-refractivity contribution in [1.82, 2.24) is 14.5 Å². The Kier molecular flexibility index (Phi) is 10.2. The number of anilines is 1. The van der Waals surface area contributed by atoms with Crippen molar-refractivity contribution in [2.24, 2.45) is 5.92 Å². The number of aliphatic hydroxyl groups excluding tert-OH is 1. The topological polar surface area (TPSA) is 128 Å². The lowest BCUT2D eigenvalue weighted by molar-refractivity contribution is -0.134. The summed E-state index contributed by atoms with van der Waals surface area (Å²) in [4.78, 5) is 27.3. The van der Waals surface area contributed by atoms with Crippen LogP contribution in [0.1, 0.15) is 33.3 Å². The molecule has 3 atom stereocenters. The molecule has 1 aliphatic heterocycles. The van der Waals surface area contributed by atoms with Crippen molar-refractivity contribution in [1.29, 1.82) is 0 Å². The maximum absolute atomic E-state index is 13.4. The number of carbonyl (C=O) groups is 2. The largest absolute Gasteiger partial charge is 0.488 e. The molecule has 3 N–H and O–H groups in total. The van der Waals surface area contributed by atoms with E-state index in [-0.39, 0.29) is 54.9 Å². The zero-order valence-corrected chi connectivity index (χ0v) is 24.4. The van der Waals surface area contributed by atoms with Crippen LogP contribution in [0.4, 0.5) is 10.5 Å². The normalized spacial score (nSPS) is 19.0. The summed E-state index contributed by atoms with van der Waals surface area (Å²) in [5, 5.41) is 15.8. The van der Waals surface area contributed by atoms with Crippen LogP contribution in [0, 0.1) is 5.92 Å². The van der Waals surface area contributed by atoms with Crippen LogP contribution in [0.3, 0.4) is 0 Å². The molecule has 0 unspecified atom stereocenters. The summed E-state index contributed by atoms with van der Waals surface area (Å²) >= 11 is 5.93. The second kappa shape index (κ2) is 13.0. The molecule has 0 bridgehead atoms. The first kappa shape index (κ1) is 30.7. The molecule has 0 aliphatic carbocycles. The third-order valence-corrected chi connectivity index (χ3v) is 8.64. The van der Waals surface area contributed by atoms with Crippen molar-refractivity contribution in [2.45, 2.75) is 57.2 Å². The third-order valence-electron chi connectivity index (χ3n) is 6.55. The second-order valence-electron chi connectivity index (χ2n) is 10.2. The van der Waals surface area contributed by atoms with Crippen molar-refractivity contribution in [3.05, 3.63) is 53.1 Å². The van der Waals surface area contributed by atoms with E-state index in [0.717, 1.165) is 0 Å². The molecule has 0 fully saturated rings. The number of aliphatic hydroxyl groups is 1. The molecule has 2 aromatic rings. The molecule has 1 aliphatic rings. The molecule has 0 saturated heterocycles. The summed E-state index contributed by atoms with van der Waals surface area (Å²) in [5.74, 6) is -0.0722. The standard InChI is InChI=1S/C27H37ClN4O6S/c1-17(2)29-27(35)30-22-8-11-24-20(12-22)13-26(34)32(19(4)16-33)14-18(3)25(38-24)15-31(5)39(36,37)23-9-6-21(28)7-10-23/h6-12,17-19,25,33H,13-16H2,1-5H3,(H2,29,30,35)/t18-,19-,25+/m1/s1. The lowest BCUT2D eigenvalue weighted by Gasteiger charge is -2.33. The van der Waals surface area contributed by atoms with Gasteiger partial charge < -0.3 is 25.4 Å². The average Bonchev–Trinajstić information content (AvgIpc) is 2.91. The van der Waals surface area contributed by atoms with Gasteiger partial charge in [0.25, 0.3) is 0 Å². The van der Waals surface area contributed by atoms with Crippen LogP contribution in [-0.4, -0.2) is 79.6 Å². The van der Waals surface area contributed by atoms with Gasteiger partial charge in [0.2, 0.25) is 15.9 Å². The van der Waals surface area contributed by atoms with Gasteiger partial charge in [-0.05, 0) is 63.2 Å². The van der Waals surface area contributed by atoms with Gasteiger partial charge in [-0.2, -0.15) is 4.31 Å². The van der Waals surface area contributed by atoms with E-state index in [0.29, 0.717) is 22.0 Å². The first-order chi connectivity index (χ1) is 18.3. The fourth-order valence-corrected chi connectivity index (χ4v) is 5.60. The number of fused-ring (bicyclic) bond motifs is 1. The summed E-state index contributed by atoms with van der Waals surface area (Å²) in [5.41, 5.74) is 1.02. The highest BCUT2D eigenvalue weighted by Crippen LogP contribution is 2.30. The minimum atomic E-state index is -3.84. The van der Waals surface area contributed by atoms with E-state index in [4.69, 9.17) is 16.3 Å². The van der Waals surface area contributed by atoms with Gasteiger partial charge in [-0.15, -0.1) is 0 Å². The van der Waals surface area contributed by atoms with Crippen molar-refractivity contribution in [3.63, 3.8) is 0 Å². The van der Waals surface area contributed by atoms with Crippen molar-refractivity contribution in [3.8, 4) is 5.75 Å². The van der Waals surface area contributed by atoms with Gasteiger partial charge in [-0.1, -0.05) is 18.5 Å². The lowest BCUT2D eigenvalue weighted by atomic mass is 10.0. The van der Waals surface area contributed by atoms with E-state index in [1.165, 1.54) is 35.6 Å². The van der Waals surface area contributed by atoms with Gasteiger partial charge in [0.15, 0.2) is 0 Å². The second-order valence-corrected chi connectivity index (χ2v) is 12.7. The molecule has 12 heteroatoms. The summed E-state index contributed by atoms with van der Waals surface area (Å²) in [6.07, 6.45) is -0.641. The summed E-state index contributed by atoms with van der Waals surface area (Å²) in [6, 6.07) is 10.1. The van der Waals surface area contributed by atoms with Crippen molar-refractivity contribution < 1.29 is 27.9 Å². The Balaban J connectivity index is 1.95. The van der Waals surface area contributed by atoms with Crippen molar-refractivity contribution in [2.75, 3.05) is 32.1 Å². The van der Waals surface area contributed by atoms with Crippen molar-refractivity contribution >= 4 is 39.2 Å². The molecule has 1 heterocycles. The fourth-order valence-electron chi connectivity index (χ4n) is 4.29. The number of likely N-dealkylation sites (N-methyl/N-ethyl adjacent to an activating group) is 1. The van der Waals surface area contributed by atoms with E-state index in [1.807, 2.05) is 20.8 Å². The number of hydrogen-bond donors (Lipinski definition) is 3. The highest BCUT2D eigenvalue weighted by atomic mass is 35.5. The van der Waals surface area contributed by atoms with E-state index in [1.54, 1.807) is 30.0 Å². The number of nitrogens with one attached hydrogen (secondary N) is 2. The Hall–Kier alpha value is -2.86. The lowest BCUT2D eigenvalue weighted by Crippen LogP contribution is -2.48. The van der Waals surface area contributed by atoms with Crippen LogP contribution in [-0.2, 0) is 21.2 Å². The molecule has 0 radical (unpaired) electrons. The van der Waals surface area contributed by atoms with Gasteiger partial charge in [0.1, 0.15) is 11.9 Å². The Labute approximate surface area is 235 Å². The van der Waals surface area contributed by atoms with Gasteiger partial charge in [0.05, 0.1) is 30.5 Å². The minimum absolute atomic E-state index is 0.0118. The van der Waals surface area contributed by atoms with Crippen LogP contribution in [0.5, 0.6) is 5.75 Å². The number of rotatable bonds is 8.